The van der Waals surface area contributed by atoms with Crippen LogP contribution in [0.15, 0.2) is 406 Å². The zero-order valence-corrected chi connectivity index (χ0v) is 78.0. The van der Waals surface area contributed by atoms with Gasteiger partial charge in [-0.05, 0) is 198 Å². The standard InChI is InChI=1S/2C44H24N4S.C38H19N3S2/c1-2-11-26(12-3-1)47-36-19-8-4-13-28(36)30-16-10-15-27(41(30)47)25-21-22-37-32(23-25)39-42-33(24-31-29-14-5-9-20-38(29)49-43(31)39)40-44(48(37)42)46-35-18-7-6-17-34(35)45-40;1-2-10-27(11-3-1)47-36-16-8-4-12-28(36)29-20-18-26(23-38(29)47)25-19-21-37-32(22-25)40-42-33(24-31-30-13-5-9-17-39(30)49-43(31)40)41-44(48(37)42)46-35-15-7-6-14-34(35)45-41;1-5-11-31-22(7-1)24-17-21(14-16-33(24)42-31)20-13-15-30-26(18-20)34-36-27(19-25-23-8-2-6-12-32(23)43-37(25)34)35-38(41(30)36)40-29-10-4-3-9-28(29)39-35/h2*1-24H;1-19H. The number of para-hydroxylation sites is 11. The van der Waals surface area contributed by atoms with E-state index in [0.29, 0.717) is 0 Å². The van der Waals surface area contributed by atoms with Gasteiger partial charge in [0, 0.05) is 168 Å². The molecule has 15 heterocycles. The molecule has 0 amide bonds. The molecule has 35 rings (SSSR count). The minimum atomic E-state index is 0.911. The molecule has 141 heavy (non-hydrogen) atoms. The Labute approximate surface area is 814 Å². The Morgan fingerprint density at radius 3 is 0.950 bits per heavy atom. The predicted molar refractivity (Wildman–Crippen MR) is 599 cm³/mol. The molecule has 15 aromatic heterocycles. The highest BCUT2D eigenvalue weighted by Gasteiger charge is 2.31. The average Bonchev–Trinajstić information content (AvgIpc) is 1.52. The quantitative estimate of drug-likeness (QED) is 0.170. The fourth-order valence-corrected chi connectivity index (χ4v) is 28.7. The lowest BCUT2D eigenvalue weighted by Gasteiger charge is -2.12. The van der Waals surface area contributed by atoms with Crippen molar-refractivity contribution in [3.63, 3.8) is 0 Å². The third-order valence-electron chi connectivity index (χ3n) is 29.9. The van der Waals surface area contributed by atoms with Crippen molar-refractivity contribution in [1.82, 2.24) is 52.2 Å². The summed E-state index contributed by atoms with van der Waals surface area (Å²) < 4.78 is 22.4. The van der Waals surface area contributed by atoms with E-state index in [1.807, 2.05) is 81.7 Å². The summed E-state index contributed by atoms with van der Waals surface area (Å²) in [7, 11) is 0. The van der Waals surface area contributed by atoms with Gasteiger partial charge in [0.2, 0.25) is 0 Å². The molecule has 15 heteroatoms. The first kappa shape index (κ1) is 76.5. The van der Waals surface area contributed by atoms with Crippen LogP contribution in [0, 0.1) is 0 Å². The van der Waals surface area contributed by atoms with E-state index in [2.05, 4.69) is 392 Å². The van der Waals surface area contributed by atoms with Crippen LogP contribution in [0.25, 0.3) is 317 Å². The van der Waals surface area contributed by atoms with Crippen molar-refractivity contribution in [2.24, 2.45) is 0 Å². The molecule has 0 aliphatic carbocycles. The van der Waals surface area contributed by atoms with Gasteiger partial charge >= 0.3 is 0 Å². The second kappa shape index (κ2) is 28.5. The maximum Gasteiger partial charge on any atom is 0.165 e. The lowest BCUT2D eigenvalue weighted by atomic mass is 9.99. The number of aromatic nitrogens is 11. The van der Waals surface area contributed by atoms with Gasteiger partial charge in [0.1, 0.15) is 16.6 Å². The van der Waals surface area contributed by atoms with Crippen LogP contribution in [0.2, 0.25) is 0 Å². The fourth-order valence-electron chi connectivity index (χ4n) is 23.9. The van der Waals surface area contributed by atoms with Crippen molar-refractivity contribution >= 4 is 318 Å². The molecule has 0 saturated heterocycles. The number of nitrogens with zero attached hydrogens (tertiary/aromatic N) is 11. The lowest BCUT2D eigenvalue weighted by Crippen LogP contribution is -1.95. The zero-order valence-electron chi connectivity index (χ0n) is 74.7. The third kappa shape index (κ3) is 10.6. The van der Waals surface area contributed by atoms with E-state index in [1.165, 1.54) is 223 Å². The third-order valence-corrected chi connectivity index (χ3v) is 34.7. The van der Waals surface area contributed by atoms with Gasteiger partial charge in [-0.1, -0.05) is 237 Å². The number of hydrogen-bond acceptors (Lipinski definition) is 10. The molecule has 0 spiro atoms. The van der Waals surface area contributed by atoms with Gasteiger partial charge in [0.25, 0.3) is 0 Å². The Bertz CT molecular complexity index is 11700. The molecular weight excluding hydrogens is 1800 g/mol. The summed E-state index contributed by atoms with van der Waals surface area (Å²) in [5.74, 6) is 0. The fraction of sp³-hybridized carbons (Fsp3) is 0. The number of rotatable bonds is 5. The molecular formula is C126H67N11S4. The van der Waals surface area contributed by atoms with Gasteiger partial charge in [-0.15, -0.1) is 45.3 Å². The van der Waals surface area contributed by atoms with Crippen LogP contribution in [0.3, 0.4) is 0 Å². The van der Waals surface area contributed by atoms with Crippen LogP contribution in [0.1, 0.15) is 0 Å². The average molecular weight is 1860 g/mol. The van der Waals surface area contributed by atoms with Crippen molar-refractivity contribution in [3.05, 3.63) is 406 Å². The van der Waals surface area contributed by atoms with Crippen molar-refractivity contribution in [2.75, 3.05) is 0 Å². The topological polar surface area (TPSA) is 100 Å². The van der Waals surface area contributed by atoms with E-state index in [4.69, 9.17) is 29.9 Å². The highest BCUT2D eigenvalue weighted by Crippen LogP contribution is 2.54. The Kier molecular flexibility index (Phi) is 15.5. The summed E-state index contributed by atoms with van der Waals surface area (Å²) in [5.41, 5.74) is 32.7. The van der Waals surface area contributed by atoms with Crippen LogP contribution in [0.4, 0.5) is 0 Å². The first-order valence-electron chi connectivity index (χ1n) is 47.6. The van der Waals surface area contributed by atoms with Gasteiger partial charge in [-0.3, -0.25) is 13.2 Å². The number of benzene rings is 20. The number of hydrogen-bond donors (Lipinski definition) is 0. The molecule has 20 aromatic carbocycles. The van der Waals surface area contributed by atoms with E-state index in [0.717, 1.165) is 94.1 Å². The summed E-state index contributed by atoms with van der Waals surface area (Å²) in [4.78, 5) is 31.3. The maximum atomic E-state index is 5.25. The summed E-state index contributed by atoms with van der Waals surface area (Å²) in [6.45, 7) is 0. The lowest BCUT2D eigenvalue weighted by molar-refractivity contribution is 1.18. The SMILES string of the molecule is c1ccc(-n2c3ccccc3c3ccc(-c4ccc5c(c4)c4c6sc7ccccc7c6cc6c7nc8ccccc8nc7n5c64)cc32)cc1.c1ccc(-n2c3ccccc3c3cccc(-c4ccc5c(c4)c4c6sc7ccccc7c6cc6c7nc8ccccc8nc7n5c64)c32)cc1.c1ccc2nc3c(nc2c1)c1cc2c4ccccc4sc2c2c4cc(-c5ccc6sc7ccccc7c6c5)ccc4n3c12. The first-order valence-corrected chi connectivity index (χ1v) is 50.9. The van der Waals surface area contributed by atoms with Crippen molar-refractivity contribution in [2.45, 2.75) is 0 Å². The molecule has 650 valence electrons. The van der Waals surface area contributed by atoms with E-state index in [1.54, 1.807) is 0 Å². The molecule has 0 atom stereocenters. The van der Waals surface area contributed by atoms with Crippen molar-refractivity contribution in [3.8, 4) is 44.8 Å². The predicted octanol–water partition coefficient (Wildman–Crippen LogP) is 35.0. The molecule has 0 bridgehead atoms. The normalized spacial score (nSPS) is 12.5. The number of fused-ring (bicyclic) bond motifs is 42. The Hall–Kier alpha value is -17.7. The van der Waals surface area contributed by atoms with E-state index < -0.39 is 0 Å². The van der Waals surface area contributed by atoms with Gasteiger partial charge in [-0.25, -0.2) is 29.9 Å². The molecule has 0 N–H and O–H groups in total. The van der Waals surface area contributed by atoms with E-state index in [9.17, 15) is 0 Å². The van der Waals surface area contributed by atoms with Crippen LogP contribution in [-0.4, -0.2) is 52.2 Å². The summed E-state index contributed by atoms with van der Waals surface area (Å²) in [6, 6.07) is 147. The molecule has 0 unspecified atom stereocenters. The van der Waals surface area contributed by atoms with Crippen LogP contribution >= 0.6 is 45.3 Å². The Morgan fingerprint density at radius 2 is 0.489 bits per heavy atom. The summed E-state index contributed by atoms with van der Waals surface area (Å²) in [5, 5.41) is 26.5. The largest absolute Gasteiger partial charge is 0.309 e. The van der Waals surface area contributed by atoms with Gasteiger partial charge < -0.3 is 9.13 Å². The first-order chi connectivity index (χ1) is 69.9. The Balaban J connectivity index is 0.0000000939. The maximum absolute atomic E-state index is 5.25. The Morgan fingerprint density at radius 1 is 0.170 bits per heavy atom. The van der Waals surface area contributed by atoms with Crippen LogP contribution in [0.5, 0.6) is 0 Å². The van der Waals surface area contributed by atoms with E-state index >= 15 is 0 Å². The summed E-state index contributed by atoms with van der Waals surface area (Å²) >= 11 is 7.53. The van der Waals surface area contributed by atoms with Crippen molar-refractivity contribution < 1.29 is 0 Å². The molecule has 0 aliphatic rings. The highest BCUT2D eigenvalue weighted by atomic mass is 32.1. The monoisotopic (exact) mass is 1860 g/mol. The van der Waals surface area contributed by atoms with Crippen molar-refractivity contribution in [1.29, 1.82) is 0 Å². The molecule has 11 nitrogen and oxygen atoms in total. The molecule has 0 aliphatic heterocycles. The second-order valence-corrected chi connectivity index (χ2v) is 41.6. The van der Waals surface area contributed by atoms with E-state index in [-0.39, 0.29) is 0 Å². The minimum Gasteiger partial charge on any atom is -0.309 e. The molecule has 0 radical (unpaired) electrons. The zero-order chi connectivity index (χ0) is 91.4. The minimum absolute atomic E-state index is 0.911. The van der Waals surface area contributed by atoms with Gasteiger partial charge in [-0.2, -0.15) is 0 Å². The highest BCUT2D eigenvalue weighted by molar-refractivity contribution is 7.28. The van der Waals surface area contributed by atoms with Crippen LogP contribution < -0.4 is 0 Å². The van der Waals surface area contributed by atoms with Gasteiger partial charge in [0.15, 0.2) is 16.9 Å². The van der Waals surface area contributed by atoms with Crippen LogP contribution in [-0.2, 0) is 0 Å². The smallest absolute Gasteiger partial charge is 0.165 e. The number of thiophene rings is 4. The van der Waals surface area contributed by atoms with Gasteiger partial charge in [0.05, 0.1) is 88.3 Å². The molecule has 35 aromatic rings. The molecule has 0 fully saturated rings. The molecule has 0 saturated carbocycles. The second-order valence-electron chi connectivity index (χ2n) is 37.3. The summed E-state index contributed by atoms with van der Waals surface area (Å²) in [6.07, 6.45) is 0.